The topological polar surface area (TPSA) is 84.2 Å². The minimum Gasteiger partial charge on any atom is -0.478 e. The van der Waals surface area contributed by atoms with Crippen LogP contribution in [0.5, 0.6) is 0 Å². The molecule has 0 radical (unpaired) electrons. The fourth-order valence-corrected chi connectivity index (χ4v) is 1.71. The van der Waals surface area contributed by atoms with Crippen LogP contribution in [0, 0.1) is 0 Å². The molecule has 0 saturated carbocycles. The first-order valence-electron chi connectivity index (χ1n) is 6.29. The molecule has 6 heteroatoms. The van der Waals surface area contributed by atoms with Gasteiger partial charge in [0.2, 0.25) is 0 Å². The van der Waals surface area contributed by atoms with Crippen molar-refractivity contribution >= 4 is 17.6 Å². The zero-order valence-corrected chi connectivity index (χ0v) is 11.7. The number of carboxylic acids is 1. The molecule has 0 unspecified atom stereocenters. The van der Waals surface area contributed by atoms with E-state index in [4.69, 9.17) is 5.11 Å². The molecule has 1 aromatic heterocycles. The highest BCUT2D eigenvalue weighted by molar-refractivity contribution is 6.08. The van der Waals surface area contributed by atoms with E-state index in [-0.39, 0.29) is 11.1 Å². The van der Waals surface area contributed by atoms with Gasteiger partial charge in [-0.1, -0.05) is 6.07 Å². The number of nitrogens with one attached hydrogen (secondary N) is 1. The number of aromatic nitrogens is 2. The van der Waals surface area contributed by atoms with E-state index in [0.29, 0.717) is 5.69 Å². The van der Waals surface area contributed by atoms with Crippen molar-refractivity contribution in [2.24, 2.45) is 0 Å². The fourth-order valence-electron chi connectivity index (χ4n) is 1.71. The lowest BCUT2D eigenvalue weighted by molar-refractivity contribution is -0.133. The van der Waals surface area contributed by atoms with Gasteiger partial charge < -0.3 is 15.0 Å². The first-order valence-corrected chi connectivity index (χ1v) is 6.29. The van der Waals surface area contributed by atoms with Crippen LogP contribution >= 0.6 is 0 Å². The summed E-state index contributed by atoms with van der Waals surface area (Å²) in [6, 6.07) is 7.20. The highest BCUT2D eigenvalue weighted by Crippen LogP contribution is 2.16. The molecular weight excluding hydrogens is 270 g/mol. The Bertz CT molecular complexity index is 703. The number of aliphatic carboxylic acids is 1. The summed E-state index contributed by atoms with van der Waals surface area (Å²) in [4.78, 5) is 26.8. The molecular formula is C15H15N3O3. The van der Waals surface area contributed by atoms with Crippen molar-refractivity contribution in [3.8, 4) is 5.69 Å². The number of hydrogen-bond donors (Lipinski definition) is 2. The number of carboxylic acid groups (broad SMARTS) is 1. The maximum absolute atomic E-state index is 12.0. The van der Waals surface area contributed by atoms with Gasteiger partial charge in [-0.3, -0.25) is 4.79 Å². The predicted molar refractivity (Wildman–Crippen MR) is 78.2 cm³/mol. The zero-order chi connectivity index (χ0) is 15.4. The molecule has 0 atom stereocenters. The number of carbonyl (C=O) groups is 2. The zero-order valence-electron chi connectivity index (χ0n) is 11.7. The Labute approximate surface area is 121 Å². The molecule has 6 nitrogen and oxygen atoms in total. The van der Waals surface area contributed by atoms with Crippen LogP contribution in [0.1, 0.15) is 13.8 Å². The SMILES string of the molecule is CC(C(=O)O)=C(C)C(=O)Nc1cccc(-n2ccnc2)c1. The first kappa shape index (κ1) is 14.5. The molecule has 1 amide bonds. The summed E-state index contributed by atoms with van der Waals surface area (Å²) in [5, 5.41) is 11.6. The van der Waals surface area contributed by atoms with E-state index >= 15 is 0 Å². The molecule has 21 heavy (non-hydrogen) atoms. The fraction of sp³-hybridized carbons (Fsp3) is 0.133. The Morgan fingerprint density at radius 3 is 2.62 bits per heavy atom. The van der Waals surface area contributed by atoms with Gasteiger partial charge in [-0.25, -0.2) is 9.78 Å². The van der Waals surface area contributed by atoms with Crippen molar-refractivity contribution < 1.29 is 14.7 Å². The van der Waals surface area contributed by atoms with Crippen LogP contribution < -0.4 is 5.32 Å². The van der Waals surface area contributed by atoms with E-state index in [1.165, 1.54) is 13.8 Å². The lowest BCUT2D eigenvalue weighted by Crippen LogP contribution is -2.16. The molecule has 0 fully saturated rings. The monoisotopic (exact) mass is 285 g/mol. The van der Waals surface area contributed by atoms with Gasteiger partial charge in [0.05, 0.1) is 6.33 Å². The third kappa shape index (κ3) is 3.36. The number of carbonyl (C=O) groups excluding carboxylic acids is 1. The van der Waals surface area contributed by atoms with Gasteiger partial charge in [-0.05, 0) is 32.0 Å². The second-order valence-corrected chi connectivity index (χ2v) is 4.53. The number of anilines is 1. The largest absolute Gasteiger partial charge is 0.478 e. The Morgan fingerprint density at radius 2 is 2.00 bits per heavy atom. The van der Waals surface area contributed by atoms with Crippen molar-refractivity contribution in [3.63, 3.8) is 0 Å². The van der Waals surface area contributed by atoms with E-state index in [9.17, 15) is 9.59 Å². The molecule has 0 aliphatic heterocycles. The van der Waals surface area contributed by atoms with Gasteiger partial charge in [0.25, 0.3) is 5.91 Å². The Balaban J connectivity index is 2.21. The number of benzene rings is 1. The minimum absolute atomic E-state index is 0.0262. The highest BCUT2D eigenvalue weighted by Gasteiger charge is 2.12. The molecule has 2 rings (SSSR count). The van der Waals surface area contributed by atoms with Crippen molar-refractivity contribution in [1.82, 2.24) is 9.55 Å². The summed E-state index contributed by atoms with van der Waals surface area (Å²) >= 11 is 0. The standard InChI is InChI=1S/C15H15N3O3/c1-10(11(2)15(20)21)14(19)17-12-4-3-5-13(8-12)18-7-6-16-9-18/h3-9H,1-2H3,(H,17,19)(H,20,21). The third-order valence-electron chi connectivity index (χ3n) is 3.13. The van der Waals surface area contributed by atoms with E-state index < -0.39 is 11.9 Å². The lowest BCUT2D eigenvalue weighted by Gasteiger charge is -2.09. The van der Waals surface area contributed by atoms with Crippen LogP contribution in [0.2, 0.25) is 0 Å². The molecule has 108 valence electrons. The average molecular weight is 285 g/mol. The van der Waals surface area contributed by atoms with E-state index in [0.717, 1.165) is 5.69 Å². The summed E-state index contributed by atoms with van der Waals surface area (Å²) in [5.74, 6) is -1.53. The van der Waals surface area contributed by atoms with Gasteiger partial charge in [-0.15, -0.1) is 0 Å². The predicted octanol–water partition coefficient (Wildman–Crippen LogP) is 2.23. The summed E-state index contributed by atoms with van der Waals surface area (Å²) in [5.41, 5.74) is 1.64. The molecule has 1 aromatic carbocycles. The van der Waals surface area contributed by atoms with E-state index in [2.05, 4.69) is 10.3 Å². The van der Waals surface area contributed by atoms with E-state index in [1.807, 2.05) is 6.07 Å². The van der Waals surface area contributed by atoms with Gasteiger partial charge >= 0.3 is 5.97 Å². The summed E-state index contributed by atoms with van der Waals surface area (Å²) in [7, 11) is 0. The molecule has 2 N–H and O–H groups in total. The van der Waals surface area contributed by atoms with E-state index in [1.54, 1.807) is 41.5 Å². The molecule has 0 aliphatic carbocycles. The number of nitrogens with zero attached hydrogens (tertiary/aromatic N) is 2. The number of hydrogen-bond acceptors (Lipinski definition) is 3. The maximum atomic E-state index is 12.0. The van der Waals surface area contributed by atoms with Crippen molar-refractivity contribution in [1.29, 1.82) is 0 Å². The van der Waals surface area contributed by atoms with Gasteiger partial charge in [0.1, 0.15) is 0 Å². The van der Waals surface area contributed by atoms with Crippen LogP contribution in [0.15, 0.2) is 54.1 Å². The molecule has 2 aromatic rings. The maximum Gasteiger partial charge on any atom is 0.331 e. The molecule has 0 saturated heterocycles. The van der Waals surface area contributed by atoms with Crippen LogP contribution in [0.25, 0.3) is 5.69 Å². The van der Waals surface area contributed by atoms with Crippen molar-refractivity contribution in [2.45, 2.75) is 13.8 Å². The third-order valence-corrected chi connectivity index (χ3v) is 3.13. The van der Waals surface area contributed by atoms with Crippen molar-refractivity contribution in [2.75, 3.05) is 5.32 Å². The summed E-state index contributed by atoms with van der Waals surface area (Å²) in [6.45, 7) is 2.89. The smallest absolute Gasteiger partial charge is 0.331 e. The molecule has 0 aliphatic rings. The van der Waals surface area contributed by atoms with Crippen LogP contribution in [0.3, 0.4) is 0 Å². The molecule has 0 bridgehead atoms. The quantitative estimate of drug-likeness (QED) is 0.844. The number of imidazole rings is 1. The van der Waals surface area contributed by atoms with Crippen molar-refractivity contribution in [3.05, 3.63) is 54.1 Å². The minimum atomic E-state index is -1.10. The molecule has 1 heterocycles. The Hall–Kier alpha value is -2.89. The first-order chi connectivity index (χ1) is 9.99. The number of rotatable bonds is 4. The van der Waals surface area contributed by atoms with Gasteiger partial charge in [0, 0.05) is 34.9 Å². The average Bonchev–Trinajstić information content (AvgIpc) is 3.00. The van der Waals surface area contributed by atoms with Gasteiger partial charge in [0.15, 0.2) is 0 Å². The second kappa shape index (κ2) is 6.04. The lowest BCUT2D eigenvalue weighted by atomic mass is 10.1. The molecule has 0 spiro atoms. The summed E-state index contributed by atoms with van der Waals surface area (Å²) in [6.07, 6.45) is 5.11. The highest BCUT2D eigenvalue weighted by atomic mass is 16.4. The number of amides is 1. The Morgan fingerprint density at radius 1 is 1.24 bits per heavy atom. The second-order valence-electron chi connectivity index (χ2n) is 4.53. The normalized spacial score (nSPS) is 11.7. The Kier molecular flexibility index (Phi) is 4.18. The summed E-state index contributed by atoms with van der Waals surface area (Å²) < 4.78 is 1.81. The van der Waals surface area contributed by atoms with Crippen LogP contribution in [-0.4, -0.2) is 26.5 Å². The van der Waals surface area contributed by atoms with Gasteiger partial charge in [-0.2, -0.15) is 0 Å². The van der Waals surface area contributed by atoms with Crippen LogP contribution in [-0.2, 0) is 9.59 Å². The van der Waals surface area contributed by atoms with Crippen LogP contribution in [0.4, 0.5) is 5.69 Å².